The number of nitrogens with one attached hydrogen (secondary N) is 1. The van der Waals surface area contributed by atoms with Crippen LogP contribution in [0.4, 0.5) is 5.69 Å². The quantitative estimate of drug-likeness (QED) is 0.409. The van der Waals surface area contributed by atoms with Gasteiger partial charge in [-0.25, -0.2) is 0 Å². The van der Waals surface area contributed by atoms with Gasteiger partial charge in [0.1, 0.15) is 0 Å². The van der Waals surface area contributed by atoms with E-state index in [0.717, 1.165) is 12.8 Å². The number of thioether (sulfide) groups is 1. The highest BCUT2D eigenvalue weighted by Crippen LogP contribution is 2.33. The molecule has 1 N–H and O–H groups in total. The summed E-state index contributed by atoms with van der Waals surface area (Å²) in [6.45, 7) is 0. The Morgan fingerprint density at radius 3 is 2.40 bits per heavy atom. The Bertz CT molecular complexity index is 996. The lowest BCUT2D eigenvalue weighted by molar-refractivity contribution is 0.101. The summed E-state index contributed by atoms with van der Waals surface area (Å²) in [5.41, 5.74) is 1.80. The number of hydrogen-bond donors (Lipinski definition) is 1. The summed E-state index contributed by atoms with van der Waals surface area (Å²) in [7, 11) is 0. The van der Waals surface area contributed by atoms with Crippen LogP contribution in [0.15, 0.2) is 64.2 Å². The molecular weight excluding hydrogens is 398 g/mol. The minimum Gasteiger partial charge on any atom is -0.416 e. The van der Waals surface area contributed by atoms with Gasteiger partial charge >= 0.3 is 0 Å². The molecule has 1 saturated carbocycles. The van der Waals surface area contributed by atoms with Gasteiger partial charge in [-0.1, -0.05) is 49.2 Å². The molecule has 0 saturated heterocycles. The van der Waals surface area contributed by atoms with E-state index < -0.39 is 0 Å². The lowest BCUT2D eigenvalue weighted by atomic mass is 9.89. The number of Topliss-reactive ketones (excluding diaryl/α,β-unsaturated/α-hetero) is 1. The second-order valence-corrected chi connectivity index (χ2v) is 8.28. The molecule has 0 aliphatic heterocycles. The molecule has 1 aliphatic carbocycles. The first-order valence-electron chi connectivity index (χ1n) is 10.1. The molecule has 3 aromatic rings. The minimum atomic E-state index is -0.185. The second-order valence-electron chi connectivity index (χ2n) is 7.35. The van der Waals surface area contributed by atoms with Crippen molar-refractivity contribution in [3.8, 4) is 0 Å². The standard InChI is InChI=1S/C23H23N3O3S/c27-20(15-30-23-26-25-22(29-23)18-9-5-2-6-10-18)16-11-13-19(14-12-16)24-21(28)17-7-3-1-4-8-17/h1,3-4,7-8,11-14,18H,2,5-6,9-10,15H2,(H,24,28). The minimum absolute atomic E-state index is 0.0293. The van der Waals surface area contributed by atoms with E-state index in [1.54, 1.807) is 36.4 Å². The number of aromatic nitrogens is 2. The number of ketones is 1. The number of rotatable bonds is 7. The molecule has 2 aromatic carbocycles. The third kappa shape index (κ3) is 5.16. The Morgan fingerprint density at radius 1 is 0.933 bits per heavy atom. The van der Waals surface area contributed by atoms with E-state index in [0.29, 0.717) is 33.8 Å². The van der Waals surface area contributed by atoms with E-state index in [9.17, 15) is 9.59 Å². The van der Waals surface area contributed by atoms with Crippen molar-refractivity contribution >= 4 is 29.1 Å². The smallest absolute Gasteiger partial charge is 0.277 e. The van der Waals surface area contributed by atoms with E-state index >= 15 is 0 Å². The van der Waals surface area contributed by atoms with Crippen molar-refractivity contribution in [1.29, 1.82) is 0 Å². The number of carbonyl (C=O) groups is 2. The van der Waals surface area contributed by atoms with Crippen LogP contribution in [0.1, 0.15) is 64.6 Å². The number of carbonyl (C=O) groups excluding carboxylic acids is 2. The van der Waals surface area contributed by atoms with E-state index in [-0.39, 0.29) is 17.4 Å². The molecule has 154 valence electrons. The van der Waals surface area contributed by atoms with Gasteiger partial charge in [-0.2, -0.15) is 0 Å². The summed E-state index contributed by atoms with van der Waals surface area (Å²) in [6.07, 6.45) is 5.87. The van der Waals surface area contributed by atoms with Crippen molar-refractivity contribution in [1.82, 2.24) is 10.2 Å². The Labute approximate surface area is 179 Å². The molecule has 0 atom stereocenters. The van der Waals surface area contributed by atoms with E-state index in [2.05, 4.69) is 15.5 Å². The van der Waals surface area contributed by atoms with Crippen molar-refractivity contribution in [3.05, 3.63) is 71.6 Å². The monoisotopic (exact) mass is 421 g/mol. The maximum atomic E-state index is 12.5. The van der Waals surface area contributed by atoms with Crippen LogP contribution in [-0.2, 0) is 0 Å². The highest BCUT2D eigenvalue weighted by Gasteiger charge is 2.21. The lowest BCUT2D eigenvalue weighted by Gasteiger charge is -2.17. The number of hydrogen-bond acceptors (Lipinski definition) is 6. The van der Waals surface area contributed by atoms with Crippen LogP contribution in [0.5, 0.6) is 0 Å². The van der Waals surface area contributed by atoms with Crippen molar-refractivity contribution < 1.29 is 14.0 Å². The van der Waals surface area contributed by atoms with Crippen LogP contribution in [0, 0.1) is 0 Å². The maximum absolute atomic E-state index is 12.5. The molecule has 1 aromatic heterocycles. The fourth-order valence-electron chi connectivity index (χ4n) is 3.54. The Morgan fingerprint density at radius 2 is 1.67 bits per heavy atom. The third-order valence-corrected chi connectivity index (χ3v) is 6.02. The normalized spacial score (nSPS) is 14.4. The molecule has 1 amide bonds. The van der Waals surface area contributed by atoms with Crippen molar-refractivity contribution in [2.24, 2.45) is 0 Å². The maximum Gasteiger partial charge on any atom is 0.277 e. The van der Waals surface area contributed by atoms with Crippen LogP contribution in [0.25, 0.3) is 0 Å². The Hall–Kier alpha value is -2.93. The van der Waals surface area contributed by atoms with Crippen molar-refractivity contribution in [3.63, 3.8) is 0 Å². The molecule has 4 rings (SSSR count). The average molecular weight is 422 g/mol. The van der Waals surface area contributed by atoms with Gasteiger partial charge in [0.2, 0.25) is 5.89 Å². The molecule has 0 radical (unpaired) electrons. The van der Waals surface area contributed by atoms with Gasteiger partial charge in [0, 0.05) is 22.7 Å². The fourth-order valence-corrected chi connectivity index (χ4v) is 4.20. The summed E-state index contributed by atoms with van der Waals surface area (Å²) < 4.78 is 5.76. The number of nitrogens with zero attached hydrogens (tertiary/aromatic N) is 2. The van der Waals surface area contributed by atoms with Crippen molar-refractivity contribution in [2.45, 2.75) is 43.2 Å². The van der Waals surface area contributed by atoms with Crippen LogP contribution in [-0.4, -0.2) is 27.6 Å². The predicted molar refractivity (Wildman–Crippen MR) is 116 cm³/mol. The summed E-state index contributed by atoms with van der Waals surface area (Å²) in [6, 6.07) is 15.9. The highest BCUT2D eigenvalue weighted by molar-refractivity contribution is 7.99. The molecule has 0 spiro atoms. The Kier molecular flexibility index (Phi) is 6.59. The molecular formula is C23H23N3O3S. The molecule has 1 heterocycles. The lowest BCUT2D eigenvalue weighted by Crippen LogP contribution is -2.11. The van der Waals surface area contributed by atoms with Crippen LogP contribution >= 0.6 is 11.8 Å². The number of anilines is 1. The van der Waals surface area contributed by atoms with Crippen LogP contribution in [0.3, 0.4) is 0 Å². The largest absolute Gasteiger partial charge is 0.416 e. The zero-order valence-corrected chi connectivity index (χ0v) is 17.4. The number of amides is 1. The van der Waals surface area contributed by atoms with Gasteiger partial charge in [0.25, 0.3) is 11.1 Å². The fraction of sp³-hybridized carbons (Fsp3) is 0.304. The van der Waals surface area contributed by atoms with E-state index in [1.165, 1.54) is 31.0 Å². The first kappa shape index (κ1) is 20.3. The Balaban J connectivity index is 1.30. The first-order valence-corrected chi connectivity index (χ1v) is 11.1. The summed E-state index contributed by atoms with van der Waals surface area (Å²) in [4.78, 5) is 24.7. The predicted octanol–water partition coefficient (Wildman–Crippen LogP) is 5.34. The molecule has 0 unspecified atom stereocenters. The molecule has 7 heteroatoms. The van der Waals surface area contributed by atoms with Crippen LogP contribution < -0.4 is 5.32 Å². The summed E-state index contributed by atoms with van der Waals surface area (Å²) in [5, 5.41) is 11.5. The SMILES string of the molecule is O=C(CSc1nnc(C2CCCCC2)o1)c1ccc(NC(=O)c2ccccc2)cc1. The van der Waals surface area contributed by atoms with Crippen molar-refractivity contribution in [2.75, 3.05) is 11.1 Å². The summed E-state index contributed by atoms with van der Waals surface area (Å²) in [5.74, 6) is 1.06. The summed E-state index contributed by atoms with van der Waals surface area (Å²) >= 11 is 1.26. The third-order valence-electron chi connectivity index (χ3n) is 5.20. The highest BCUT2D eigenvalue weighted by atomic mass is 32.2. The van der Waals surface area contributed by atoms with Gasteiger partial charge in [-0.05, 0) is 49.2 Å². The van der Waals surface area contributed by atoms with E-state index in [1.807, 2.05) is 18.2 Å². The van der Waals surface area contributed by atoms with Gasteiger partial charge < -0.3 is 9.73 Å². The second kappa shape index (κ2) is 9.71. The molecule has 6 nitrogen and oxygen atoms in total. The zero-order chi connectivity index (χ0) is 20.8. The van der Waals surface area contributed by atoms with E-state index in [4.69, 9.17) is 4.42 Å². The molecule has 1 aliphatic rings. The first-order chi connectivity index (χ1) is 14.7. The molecule has 0 bridgehead atoms. The average Bonchev–Trinajstić information content (AvgIpc) is 3.28. The molecule has 1 fully saturated rings. The van der Waals surface area contributed by atoms with Crippen LogP contribution in [0.2, 0.25) is 0 Å². The van der Waals surface area contributed by atoms with Gasteiger partial charge in [0.05, 0.1) is 5.75 Å². The van der Waals surface area contributed by atoms with Gasteiger partial charge in [-0.15, -0.1) is 10.2 Å². The zero-order valence-electron chi connectivity index (χ0n) is 16.5. The number of benzene rings is 2. The molecule has 30 heavy (non-hydrogen) atoms. The topological polar surface area (TPSA) is 85.1 Å². The van der Waals surface area contributed by atoms with Gasteiger partial charge in [-0.3, -0.25) is 9.59 Å². The van der Waals surface area contributed by atoms with Gasteiger partial charge in [0.15, 0.2) is 5.78 Å².